The van der Waals surface area contributed by atoms with Gasteiger partial charge in [0.2, 0.25) is 5.91 Å². The lowest BCUT2D eigenvalue weighted by atomic mass is 10.0. The summed E-state index contributed by atoms with van der Waals surface area (Å²) in [5, 5.41) is 3.05. The highest BCUT2D eigenvalue weighted by Crippen LogP contribution is 2.38. The predicted octanol–water partition coefficient (Wildman–Crippen LogP) is 23.1. The Hall–Kier alpha value is -2.29. The van der Waals surface area contributed by atoms with Gasteiger partial charge in [-0.25, -0.2) is 0 Å². The molecule has 0 aromatic heterocycles. The van der Waals surface area contributed by atoms with Crippen molar-refractivity contribution < 1.29 is 37.3 Å². The molecule has 0 aliphatic heterocycles. The molecule has 1 amide bonds. The first kappa shape index (κ1) is 83.7. The number of esters is 1. The number of ether oxygens (including phenoxy) is 1. The fourth-order valence-corrected chi connectivity index (χ4v) is 11.7. The van der Waals surface area contributed by atoms with Crippen LogP contribution in [0.15, 0.2) is 60.8 Å². The molecule has 0 saturated carbocycles. The van der Waals surface area contributed by atoms with Crippen LogP contribution < -0.4 is 10.2 Å². The molecule has 0 aliphatic carbocycles. The van der Waals surface area contributed by atoms with E-state index in [0.717, 1.165) is 77.0 Å². The number of allylic oxidation sites excluding steroid dienone is 9. The Balaban J connectivity index is 5.01. The smallest absolute Gasteiger partial charge is 0.306 e. The topological polar surface area (TPSA) is 114 Å². The number of hydrogen-bond donors (Lipinski definition) is 1. The van der Waals surface area contributed by atoms with Crippen molar-refractivity contribution in [2.24, 2.45) is 0 Å². The summed E-state index contributed by atoms with van der Waals surface area (Å²) in [5.41, 5.74) is 0. The summed E-state index contributed by atoms with van der Waals surface area (Å²) < 4.78 is 30.5. The summed E-state index contributed by atoms with van der Waals surface area (Å²) in [6.45, 7) is 6.86. The van der Waals surface area contributed by atoms with E-state index in [1.807, 2.05) is 33.3 Å². The Labute approximate surface area is 534 Å². The Morgan fingerprint density at radius 3 is 1.09 bits per heavy atom. The van der Waals surface area contributed by atoms with E-state index in [2.05, 4.69) is 74.7 Å². The molecule has 0 rings (SSSR count). The standard InChI is InChI=1S/C76H143N2O7P/c1-7-10-13-16-19-22-25-28-30-32-34-36-38-39-41-43-45-47-49-51-54-57-60-63-66-69-76(80)85-74(67-64-61-58-55-52-27-24-21-18-15-12-9-3)73(72-84-86(81,82)83-71-70-78(4,5)6)77-75(79)68-65-62-59-56-53-50-48-46-44-42-40-37-35-33-31-29-26-23-20-17-14-11-8-2/h20,23,28-31,35,37,64,67,73-74H,7-19,21-22,24-27,32-34,36,38-63,65-66,68-72H2,1-6H3,(H-,77,79,81,82)/b23-20-,30-28+,31-29-,37-35-,67-64+. The van der Waals surface area contributed by atoms with Gasteiger partial charge in [0.05, 0.1) is 33.8 Å². The number of likely N-dealkylation sites (N-methyl/N-ethyl adjacent to an activating group) is 1. The van der Waals surface area contributed by atoms with Crippen LogP contribution in [0.4, 0.5) is 0 Å². The van der Waals surface area contributed by atoms with E-state index < -0.39 is 20.0 Å². The lowest BCUT2D eigenvalue weighted by Gasteiger charge is -2.30. The van der Waals surface area contributed by atoms with E-state index in [0.29, 0.717) is 17.4 Å². The molecule has 10 heteroatoms. The zero-order valence-corrected chi connectivity index (χ0v) is 58.7. The normalized spacial score (nSPS) is 13.8. The van der Waals surface area contributed by atoms with Crippen molar-refractivity contribution in [3.8, 4) is 0 Å². The van der Waals surface area contributed by atoms with Gasteiger partial charge in [-0.05, 0) is 96.0 Å². The highest BCUT2D eigenvalue weighted by Gasteiger charge is 2.27. The first-order valence-corrected chi connectivity index (χ1v) is 38.6. The van der Waals surface area contributed by atoms with Gasteiger partial charge in [-0.3, -0.25) is 14.2 Å². The molecule has 0 heterocycles. The van der Waals surface area contributed by atoms with Crippen LogP contribution in [0.1, 0.15) is 361 Å². The summed E-state index contributed by atoms with van der Waals surface area (Å²) >= 11 is 0. The van der Waals surface area contributed by atoms with E-state index in [9.17, 15) is 19.0 Å². The fourth-order valence-electron chi connectivity index (χ4n) is 10.9. The van der Waals surface area contributed by atoms with Crippen LogP contribution in [-0.2, 0) is 27.9 Å². The molecule has 0 aromatic carbocycles. The van der Waals surface area contributed by atoms with E-state index in [-0.39, 0.29) is 31.5 Å². The van der Waals surface area contributed by atoms with Gasteiger partial charge in [0.25, 0.3) is 7.82 Å². The monoisotopic (exact) mass is 1230 g/mol. The molecule has 0 fully saturated rings. The fraction of sp³-hybridized carbons (Fsp3) is 0.842. The van der Waals surface area contributed by atoms with E-state index >= 15 is 0 Å². The van der Waals surface area contributed by atoms with Gasteiger partial charge in [-0.15, -0.1) is 0 Å². The van der Waals surface area contributed by atoms with Crippen molar-refractivity contribution in [3.05, 3.63) is 60.8 Å². The Kier molecular flexibility index (Phi) is 63.9. The number of carbonyl (C=O) groups excluding carboxylic acids is 2. The first-order chi connectivity index (χ1) is 41.9. The van der Waals surface area contributed by atoms with E-state index in [1.165, 1.54) is 250 Å². The second-order valence-corrected chi connectivity index (χ2v) is 27.9. The lowest BCUT2D eigenvalue weighted by Crippen LogP contribution is -2.47. The van der Waals surface area contributed by atoms with Gasteiger partial charge in [0, 0.05) is 12.8 Å². The third-order valence-corrected chi connectivity index (χ3v) is 17.6. The van der Waals surface area contributed by atoms with E-state index in [1.54, 1.807) is 0 Å². The number of amides is 1. The van der Waals surface area contributed by atoms with Crippen LogP contribution in [0.5, 0.6) is 0 Å². The largest absolute Gasteiger partial charge is 0.756 e. The molecule has 0 aromatic rings. The van der Waals surface area contributed by atoms with Gasteiger partial charge in [0.1, 0.15) is 19.3 Å². The first-order valence-electron chi connectivity index (χ1n) is 37.1. The molecule has 504 valence electrons. The molecular formula is C76H143N2O7P. The van der Waals surface area contributed by atoms with Crippen molar-refractivity contribution in [3.63, 3.8) is 0 Å². The molecule has 0 spiro atoms. The summed E-state index contributed by atoms with van der Waals surface area (Å²) in [6, 6.07) is -0.891. The summed E-state index contributed by atoms with van der Waals surface area (Å²) in [6.07, 6.45) is 84.9. The average Bonchev–Trinajstić information content (AvgIpc) is 3.66. The maximum absolute atomic E-state index is 13.6. The molecule has 9 nitrogen and oxygen atoms in total. The molecular weight excluding hydrogens is 1080 g/mol. The Morgan fingerprint density at radius 1 is 0.407 bits per heavy atom. The maximum atomic E-state index is 13.6. The van der Waals surface area contributed by atoms with Crippen LogP contribution in [-0.4, -0.2) is 69.4 Å². The number of carbonyl (C=O) groups is 2. The molecule has 3 atom stereocenters. The number of quaternary nitrogens is 1. The Bertz CT molecular complexity index is 1650. The molecule has 0 bridgehead atoms. The molecule has 86 heavy (non-hydrogen) atoms. The van der Waals surface area contributed by atoms with Crippen molar-refractivity contribution >= 4 is 19.7 Å². The van der Waals surface area contributed by atoms with Crippen LogP contribution >= 0.6 is 7.82 Å². The van der Waals surface area contributed by atoms with Crippen LogP contribution in [0.3, 0.4) is 0 Å². The number of rotatable bonds is 68. The zero-order valence-electron chi connectivity index (χ0n) is 57.8. The number of phosphoric acid groups is 1. The van der Waals surface area contributed by atoms with Crippen molar-refractivity contribution in [1.82, 2.24) is 5.32 Å². The van der Waals surface area contributed by atoms with Gasteiger partial charge in [0.15, 0.2) is 0 Å². The van der Waals surface area contributed by atoms with Gasteiger partial charge in [-0.2, -0.15) is 0 Å². The average molecular weight is 1230 g/mol. The molecule has 0 radical (unpaired) electrons. The predicted molar refractivity (Wildman–Crippen MR) is 372 cm³/mol. The second-order valence-electron chi connectivity index (χ2n) is 26.4. The number of nitrogens with zero attached hydrogens (tertiary/aromatic N) is 1. The highest BCUT2D eigenvalue weighted by atomic mass is 31.2. The van der Waals surface area contributed by atoms with E-state index in [4.69, 9.17) is 13.8 Å². The quantitative estimate of drug-likeness (QED) is 0.0212. The maximum Gasteiger partial charge on any atom is 0.306 e. The minimum absolute atomic E-state index is 0.0227. The SMILES string of the molecule is CCCCC/C=C\C/C=C\C/C=C\CCCCCCCCCCCCC(=O)NC(COP(=O)([O-])OCC[N+](C)(C)C)C(/C=C/CCCCCCCCCCCC)OC(=O)CCCCCCCCCCCCCCCCC/C=C/CCCCCCCC. The molecule has 0 aliphatic rings. The Morgan fingerprint density at radius 2 is 0.709 bits per heavy atom. The molecule has 1 N–H and O–H groups in total. The second kappa shape index (κ2) is 65.7. The zero-order chi connectivity index (χ0) is 62.8. The van der Waals surface area contributed by atoms with Crippen molar-refractivity contribution in [1.29, 1.82) is 0 Å². The summed E-state index contributed by atoms with van der Waals surface area (Å²) in [7, 11) is 1.19. The molecule has 0 saturated heterocycles. The number of unbranched alkanes of at least 4 members (excludes halogenated alkanes) is 44. The number of hydrogen-bond acceptors (Lipinski definition) is 7. The third-order valence-electron chi connectivity index (χ3n) is 16.7. The van der Waals surface area contributed by atoms with Gasteiger partial charge in [-0.1, -0.05) is 313 Å². The minimum Gasteiger partial charge on any atom is -0.756 e. The van der Waals surface area contributed by atoms with Crippen LogP contribution in [0.25, 0.3) is 0 Å². The summed E-state index contributed by atoms with van der Waals surface area (Å²) in [5.74, 6) is -0.531. The third kappa shape index (κ3) is 66.1. The van der Waals surface area contributed by atoms with Crippen molar-refractivity contribution in [2.75, 3.05) is 40.9 Å². The van der Waals surface area contributed by atoms with Crippen LogP contribution in [0, 0.1) is 0 Å². The van der Waals surface area contributed by atoms with Crippen LogP contribution in [0.2, 0.25) is 0 Å². The summed E-state index contributed by atoms with van der Waals surface area (Å²) in [4.78, 5) is 40.2. The van der Waals surface area contributed by atoms with Crippen molar-refractivity contribution in [2.45, 2.75) is 373 Å². The number of nitrogens with one attached hydrogen (secondary N) is 1. The molecule has 3 unspecified atom stereocenters. The highest BCUT2D eigenvalue weighted by molar-refractivity contribution is 7.45. The van der Waals surface area contributed by atoms with Gasteiger partial charge < -0.3 is 28.5 Å². The number of phosphoric ester groups is 1. The lowest BCUT2D eigenvalue weighted by molar-refractivity contribution is -0.870. The van der Waals surface area contributed by atoms with Gasteiger partial charge >= 0.3 is 5.97 Å². The minimum atomic E-state index is -4.71.